The fourth-order valence-corrected chi connectivity index (χ4v) is 4.43. The normalized spacial score (nSPS) is 14.3. The Morgan fingerprint density at radius 3 is 2.33 bits per heavy atom. The minimum absolute atomic E-state index is 0.112. The number of piperazine rings is 1. The predicted octanol–water partition coefficient (Wildman–Crippen LogP) is 5.28. The quantitative estimate of drug-likeness (QED) is 0.369. The van der Waals surface area contributed by atoms with E-state index in [2.05, 4.69) is 34.3 Å². The molecule has 194 valence electrons. The van der Waals surface area contributed by atoms with Crippen LogP contribution < -0.4 is 25.2 Å². The standard InChI is InChI=1S/C27H32F3N3O3/c1-19-16-21(7-9-24(19)33-12-10-31-11-13-33)35-14-4-2-3-5-15-36-25-18-26(34)32-23-17-20(27(28,29)30)6-8-22(23)25/h6-9,16-18,31H,2-5,10-15H2,1H3,(H,32,34). The second kappa shape index (κ2) is 11.7. The summed E-state index contributed by atoms with van der Waals surface area (Å²) in [5, 5.41) is 3.82. The Hall–Kier alpha value is -3.20. The molecule has 6 nitrogen and oxygen atoms in total. The molecule has 0 aliphatic carbocycles. The lowest BCUT2D eigenvalue weighted by atomic mass is 10.1. The molecule has 2 aromatic carbocycles. The Kier molecular flexibility index (Phi) is 8.40. The van der Waals surface area contributed by atoms with Gasteiger partial charge in [0.15, 0.2) is 0 Å². The average Bonchev–Trinajstić information content (AvgIpc) is 2.85. The van der Waals surface area contributed by atoms with Gasteiger partial charge in [-0.15, -0.1) is 0 Å². The van der Waals surface area contributed by atoms with Gasteiger partial charge >= 0.3 is 6.18 Å². The monoisotopic (exact) mass is 503 g/mol. The molecule has 1 aliphatic rings. The van der Waals surface area contributed by atoms with Gasteiger partial charge in [-0.2, -0.15) is 13.2 Å². The molecule has 0 atom stereocenters. The Bertz CT molecular complexity index is 1220. The van der Waals surface area contributed by atoms with Crippen molar-refractivity contribution in [1.29, 1.82) is 0 Å². The van der Waals surface area contributed by atoms with Gasteiger partial charge in [-0.1, -0.05) is 0 Å². The molecule has 2 N–H and O–H groups in total. The minimum Gasteiger partial charge on any atom is -0.494 e. The molecule has 0 amide bonds. The van der Waals surface area contributed by atoms with Crippen LogP contribution in [0, 0.1) is 6.92 Å². The number of fused-ring (bicyclic) bond motifs is 1. The maximum atomic E-state index is 13.0. The molecule has 0 radical (unpaired) electrons. The molecule has 0 saturated carbocycles. The molecule has 1 aromatic heterocycles. The highest BCUT2D eigenvalue weighted by molar-refractivity contribution is 5.85. The third-order valence-corrected chi connectivity index (χ3v) is 6.32. The van der Waals surface area contributed by atoms with Gasteiger partial charge in [-0.3, -0.25) is 4.79 Å². The maximum Gasteiger partial charge on any atom is 0.416 e. The van der Waals surface area contributed by atoms with Crippen molar-refractivity contribution in [3.05, 3.63) is 63.9 Å². The number of halogens is 3. The first kappa shape index (κ1) is 25.9. The number of aromatic nitrogens is 1. The summed E-state index contributed by atoms with van der Waals surface area (Å²) < 4.78 is 50.5. The zero-order valence-electron chi connectivity index (χ0n) is 20.4. The SMILES string of the molecule is Cc1cc(OCCCCCCOc2cc(=O)[nH]c3cc(C(F)(F)F)ccc23)ccc1N1CCNCC1. The van der Waals surface area contributed by atoms with Gasteiger partial charge in [-0.05, 0) is 74.6 Å². The molecule has 1 aliphatic heterocycles. The molecule has 0 bridgehead atoms. The molecule has 0 unspecified atom stereocenters. The Morgan fingerprint density at radius 1 is 0.917 bits per heavy atom. The lowest BCUT2D eigenvalue weighted by Crippen LogP contribution is -2.43. The smallest absolute Gasteiger partial charge is 0.416 e. The Balaban J connectivity index is 1.18. The summed E-state index contributed by atoms with van der Waals surface area (Å²) in [5.41, 5.74) is 1.29. The maximum absolute atomic E-state index is 13.0. The third-order valence-electron chi connectivity index (χ3n) is 6.32. The van der Waals surface area contributed by atoms with Crippen LogP contribution in [0.4, 0.5) is 18.9 Å². The van der Waals surface area contributed by atoms with E-state index in [1.165, 1.54) is 23.4 Å². The number of anilines is 1. The summed E-state index contributed by atoms with van der Waals surface area (Å²) in [6.07, 6.45) is -0.908. The first-order valence-corrected chi connectivity index (χ1v) is 12.4. The van der Waals surface area contributed by atoms with Crippen molar-refractivity contribution in [1.82, 2.24) is 10.3 Å². The molecule has 4 rings (SSSR count). The number of ether oxygens (including phenoxy) is 2. The van der Waals surface area contributed by atoms with E-state index in [-0.39, 0.29) is 5.52 Å². The highest BCUT2D eigenvalue weighted by Crippen LogP contribution is 2.33. The summed E-state index contributed by atoms with van der Waals surface area (Å²) in [7, 11) is 0. The molecule has 0 spiro atoms. The second-order valence-electron chi connectivity index (χ2n) is 9.05. The Morgan fingerprint density at radius 2 is 1.64 bits per heavy atom. The molecule has 1 fully saturated rings. The summed E-state index contributed by atoms with van der Waals surface area (Å²) >= 11 is 0. The number of rotatable bonds is 10. The zero-order chi connectivity index (χ0) is 25.5. The number of hydrogen-bond acceptors (Lipinski definition) is 5. The lowest BCUT2D eigenvalue weighted by molar-refractivity contribution is -0.137. The number of pyridine rings is 1. The summed E-state index contributed by atoms with van der Waals surface area (Å²) in [5.74, 6) is 1.18. The van der Waals surface area contributed by atoms with Crippen LogP contribution in [-0.2, 0) is 6.18 Å². The number of hydrogen-bond donors (Lipinski definition) is 2. The van der Waals surface area contributed by atoms with Gasteiger partial charge in [0.05, 0.1) is 24.3 Å². The largest absolute Gasteiger partial charge is 0.494 e. The van der Waals surface area contributed by atoms with Gasteiger partial charge in [-0.25, -0.2) is 0 Å². The number of aromatic amines is 1. The number of alkyl halides is 3. The van der Waals surface area contributed by atoms with Gasteiger partial charge in [0.25, 0.3) is 5.56 Å². The zero-order valence-corrected chi connectivity index (χ0v) is 20.4. The fourth-order valence-electron chi connectivity index (χ4n) is 4.43. The van der Waals surface area contributed by atoms with Crippen LogP contribution in [0.3, 0.4) is 0 Å². The second-order valence-corrected chi connectivity index (χ2v) is 9.05. The summed E-state index contributed by atoms with van der Waals surface area (Å²) in [4.78, 5) is 16.7. The van der Waals surface area contributed by atoms with Crippen molar-refractivity contribution in [2.24, 2.45) is 0 Å². The van der Waals surface area contributed by atoms with Gasteiger partial charge in [0, 0.05) is 43.3 Å². The number of benzene rings is 2. The van der Waals surface area contributed by atoms with Crippen LogP contribution in [0.2, 0.25) is 0 Å². The number of nitrogens with one attached hydrogen (secondary N) is 2. The molecular formula is C27H32F3N3O3. The predicted molar refractivity (Wildman–Crippen MR) is 135 cm³/mol. The van der Waals surface area contributed by atoms with Crippen LogP contribution in [0.5, 0.6) is 11.5 Å². The fraction of sp³-hybridized carbons (Fsp3) is 0.444. The van der Waals surface area contributed by atoms with E-state index < -0.39 is 17.3 Å². The molecule has 9 heteroatoms. The lowest BCUT2D eigenvalue weighted by Gasteiger charge is -2.30. The van der Waals surface area contributed by atoms with Gasteiger partial charge in [0.1, 0.15) is 11.5 Å². The summed E-state index contributed by atoms with van der Waals surface area (Å²) in [6, 6.07) is 10.8. The van der Waals surface area contributed by atoms with E-state index >= 15 is 0 Å². The first-order valence-electron chi connectivity index (χ1n) is 12.4. The topological polar surface area (TPSA) is 66.6 Å². The van der Waals surface area contributed by atoms with E-state index in [0.717, 1.165) is 69.7 Å². The average molecular weight is 504 g/mol. The van der Waals surface area contributed by atoms with E-state index in [4.69, 9.17) is 9.47 Å². The number of aryl methyl sites for hydroxylation is 1. The molecule has 2 heterocycles. The summed E-state index contributed by atoms with van der Waals surface area (Å²) in [6.45, 7) is 7.17. The minimum atomic E-state index is -4.47. The van der Waals surface area contributed by atoms with Gasteiger partial charge in [0.2, 0.25) is 0 Å². The van der Waals surface area contributed by atoms with E-state index in [0.29, 0.717) is 24.3 Å². The van der Waals surface area contributed by atoms with Crippen molar-refractivity contribution < 1.29 is 22.6 Å². The molecular weight excluding hydrogens is 471 g/mol. The van der Waals surface area contributed by atoms with Crippen LogP contribution in [-0.4, -0.2) is 44.4 Å². The highest BCUT2D eigenvalue weighted by Gasteiger charge is 2.30. The number of nitrogens with zero attached hydrogens (tertiary/aromatic N) is 1. The third kappa shape index (κ3) is 6.72. The van der Waals surface area contributed by atoms with Crippen molar-refractivity contribution in [2.45, 2.75) is 38.8 Å². The number of H-pyrrole nitrogens is 1. The molecule has 3 aromatic rings. The van der Waals surface area contributed by atoms with E-state index in [9.17, 15) is 18.0 Å². The first-order chi connectivity index (χ1) is 17.3. The van der Waals surface area contributed by atoms with Crippen LogP contribution in [0.25, 0.3) is 10.9 Å². The van der Waals surface area contributed by atoms with E-state index in [1.54, 1.807) is 0 Å². The number of unbranched alkanes of at least 4 members (excludes halogenated alkanes) is 3. The van der Waals surface area contributed by atoms with Crippen molar-refractivity contribution in [3.8, 4) is 11.5 Å². The van der Waals surface area contributed by atoms with Crippen LogP contribution >= 0.6 is 0 Å². The van der Waals surface area contributed by atoms with Crippen molar-refractivity contribution in [2.75, 3.05) is 44.3 Å². The Labute approximate surface area is 208 Å². The van der Waals surface area contributed by atoms with Crippen molar-refractivity contribution >= 4 is 16.6 Å². The van der Waals surface area contributed by atoms with Crippen molar-refractivity contribution in [3.63, 3.8) is 0 Å². The molecule has 1 saturated heterocycles. The van der Waals surface area contributed by atoms with E-state index in [1.807, 2.05) is 6.07 Å². The van der Waals surface area contributed by atoms with Crippen LogP contribution in [0.15, 0.2) is 47.3 Å². The van der Waals surface area contributed by atoms with Crippen LogP contribution in [0.1, 0.15) is 36.8 Å². The highest BCUT2D eigenvalue weighted by atomic mass is 19.4. The molecule has 36 heavy (non-hydrogen) atoms. The van der Waals surface area contributed by atoms with Gasteiger partial charge < -0.3 is 24.7 Å².